The van der Waals surface area contributed by atoms with Gasteiger partial charge in [0.05, 0.1) is 0 Å². The maximum atomic E-state index is 5.65. The lowest BCUT2D eigenvalue weighted by Crippen LogP contribution is -2.06. The van der Waals surface area contributed by atoms with Crippen LogP contribution in [0.4, 0.5) is 0 Å². The number of H-pyrrole nitrogens is 1. The summed E-state index contributed by atoms with van der Waals surface area (Å²) in [5, 5.41) is 7.14. The molecule has 0 unspecified atom stereocenters. The number of aromatic amines is 1. The van der Waals surface area contributed by atoms with E-state index in [1.807, 2.05) is 16.7 Å². The van der Waals surface area contributed by atoms with Crippen LogP contribution in [0, 0.1) is 10.7 Å². The molecule has 2 heterocycles. The van der Waals surface area contributed by atoms with Crippen LogP contribution in [-0.4, -0.2) is 33.0 Å². The third kappa shape index (κ3) is 3.32. The third-order valence-electron chi connectivity index (χ3n) is 3.40. The molecule has 0 radical (unpaired) electrons. The Morgan fingerprint density at radius 2 is 2.35 bits per heavy atom. The van der Waals surface area contributed by atoms with Crippen LogP contribution in [0.5, 0.6) is 0 Å². The number of hydrogen-bond donors (Lipinski definition) is 1. The summed E-state index contributed by atoms with van der Waals surface area (Å²) in [7, 11) is 0. The van der Waals surface area contributed by atoms with E-state index < -0.39 is 0 Å². The van der Waals surface area contributed by atoms with Crippen molar-refractivity contribution < 1.29 is 4.74 Å². The highest BCUT2D eigenvalue weighted by atomic mass is 32.1. The smallest absolute Gasteiger partial charge is 0.195 e. The van der Waals surface area contributed by atoms with Crippen LogP contribution in [0.2, 0.25) is 0 Å². The molecule has 0 atom stereocenters. The lowest BCUT2D eigenvalue weighted by molar-refractivity contribution is 0.119. The number of ether oxygens (including phenoxy) is 1. The highest BCUT2D eigenvalue weighted by Gasteiger charge is 2.20. The molecular weight excluding hydrogens is 272 g/mol. The van der Waals surface area contributed by atoms with Gasteiger partial charge in [-0.15, -0.1) is 0 Å². The third-order valence-corrected chi connectivity index (χ3v) is 3.71. The molecule has 0 saturated heterocycles. The fourth-order valence-electron chi connectivity index (χ4n) is 2.10. The summed E-state index contributed by atoms with van der Waals surface area (Å²) in [4.78, 5) is 4.12. The summed E-state index contributed by atoms with van der Waals surface area (Å²) in [6.07, 6.45) is 7.15. The van der Waals surface area contributed by atoms with E-state index in [0.717, 1.165) is 43.5 Å². The average molecular weight is 290 g/mol. The zero-order valence-electron chi connectivity index (χ0n) is 11.3. The number of rotatable bonds is 7. The first-order valence-electron chi connectivity index (χ1n) is 6.98. The molecule has 3 rings (SSSR count). The molecule has 106 valence electrons. The maximum Gasteiger partial charge on any atom is 0.195 e. The molecule has 0 aliphatic heterocycles. The fourth-order valence-corrected chi connectivity index (χ4v) is 2.32. The predicted octanol–water partition coefficient (Wildman–Crippen LogP) is 2.82. The largest absolute Gasteiger partial charge is 0.381 e. The van der Waals surface area contributed by atoms with Gasteiger partial charge in [0, 0.05) is 37.7 Å². The summed E-state index contributed by atoms with van der Waals surface area (Å²) in [5.74, 6) is 1.65. The summed E-state index contributed by atoms with van der Waals surface area (Å²) in [5.41, 5.74) is 0.971. The molecule has 0 bridgehead atoms. The molecule has 0 aromatic carbocycles. The minimum absolute atomic E-state index is 0.644. The Hall–Kier alpha value is -1.53. The molecule has 20 heavy (non-hydrogen) atoms. The van der Waals surface area contributed by atoms with Gasteiger partial charge in [0.15, 0.2) is 10.6 Å². The van der Waals surface area contributed by atoms with Gasteiger partial charge in [-0.3, -0.25) is 10.1 Å². The first kappa shape index (κ1) is 13.5. The lowest BCUT2D eigenvalue weighted by atomic mass is 10.2. The van der Waals surface area contributed by atoms with Crippen LogP contribution in [0.1, 0.15) is 19.3 Å². The van der Waals surface area contributed by atoms with Crippen molar-refractivity contribution in [2.24, 2.45) is 5.92 Å². The minimum atomic E-state index is 0.644. The monoisotopic (exact) mass is 290 g/mol. The highest BCUT2D eigenvalue weighted by molar-refractivity contribution is 7.71. The van der Waals surface area contributed by atoms with E-state index in [1.165, 1.54) is 12.8 Å². The van der Waals surface area contributed by atoms with Crippen molar-refractivity contribution in [3.05, 3.63) is 29.3 Å². The van der Waals surface area contributed by atoms with Gasteiger partial charge in [0.1, 0.15) is 0 Å². The van der Waals surface area contributed by atoms with Gasteiger partial charge in [-0.05, 0) is 49.5 Å². The molecule has 0 amide bonds. The molecular formula is C14H18N4OS. The zero-order valence-corrected chi connectivity index (χ0v) is 12.1. The number of aromatic nitrogens is 4. The van der Waals surface area contributed by atoms with Crippen molar-refractivity contribution in [3.63, 3.8) is 0 Å². The number of hydrogen-bond acceptors (Lipinski definition) is 4. The van der Waals surface area contributed by atoms with Crippen molar-refractivity contribution in [2.45, 2.75) is 25.8 Å². The van der Waals surface area contributed by atoms with Gasteiger partial charge >= 0.3 is 0 Å². The van der Waals surface area contributed by atoms with Crippen molar-refractivity contribution in [3.8, 4) is 11.4 Å². The Morgan fingerprint density at radius 3 is 3.10 bits per heavy atom. The molecule has 1 aliphatic carbocycles. The van der Waals surface area contributed by atoms with Gasteiger partial charge in [-0.25, -0.2) is 0 Å². The molecule has 5 nitrogen and oxygen atoms in total. The standard InChI is InChI=1S/C14H18N4OS/c20-14-17-16-13(12-3-1-6-15-9-12)18(14)7-2-8-19-10-11-4-5-11/h1,3,6,9,11H,2,4-5,7-8,10H2,(H,17,20). The van der Waals surface area contributed by atoms with Crippen LogP contribution in [-0.2, 0) is 11.3 Å². The van der Waals surface area contributed by atoms with Crippen LogP contribution < -0.4 is 0 Å². The topological polar surface area (TPSA) is 55.7 Å². The van der Waals surface area contributed by atoms with Gasteiger partial charge in [0.2, 0.25) is 0 Å². The van der Waals surface area contributed by atoms with Crippen molar-refractivity contribution in [1.29, 1.82) is 0 Å². The molecule has 1 fully saturated rings. The van der Waals surface area contributed by atoms with E-state index >= 15 is 0 Å². The Bertz CT molecular complexity index is 603. The quantitative estimate of drug-likeness (QED) is 0.629. The van der Waals surface area contributed by atoms with E-state index in [1.54, 1.807) is 12.4 Å². The number of nitrogens with one attached hydrogen (secondary N) is 1. The van der Waals surface area contributed by atoms with Crippen molar-refractivity contribution >= 4 is 12.2 Å². The second-order valence-corrected chi connectivity index (χ2v) is 5.50. The second-order valence-electron chi connectivity index (χ2n) is 5.12. The predicted molar refractivity (Wildman–Crippen MR) is 78.8 cm³/mol. The molecule has 2 aromatic heterocycles. The second kappa shape index (κ2) is 6.28. The van der Waals surface area contributed by atoms with Crippen molar-refractivity contribution in [1.82, 2.24) is 19.7 Å². The van der Waals surface area contributed by atoms with E-state index in [2.05, 4.69) is 15.2 Å². The molecule has 0 spiro atoms. The number of pyridine rings is 1. The normalized spacial score (nSPS) is 14.6. The van der Waals surface area contributed by atoms with Crippen LogP contribution in [0.3, 0.4) is 0 Å². The van der Waals surface area contributed by atoms with E-state index in [0.29, 0.717) is 4.77 Å². The van der Waals surface area contributed by atoms with E-state index in [4.69, 9.17) is 17.0 Å². The summed E-state index contributed by atoms with van der Waals surface area (Å²) < 4.78 is 8.30. The SMILES string of the molecule is S=c1[nH]nc(-c2cccnc2)n1CCCOCC1CC1. The van der Waals surface area contributed by atoms with Crippen molar-refractivity contribution in [2.75, 3.05) is 13.2 Å². The van der Waals surface area contributed by atoms with Gasteiger partial charge in [-0.2, -0.15) is 5.10 Å². The number of nitrogens with zero attached hydrogens (tertiary/aromatic N) is 3. The van der Waals surface area contributed by atoms with E-state index in [-0.39, 0.29) is 0 Å². The van der Waals surface area contributed by atoms with Crippen LogP contribution >= 0.6 is 12.2 Å². The van der Waals surface area contributed by atoms with Crippen LogP contribution in [0.25, 0.3) is 11.4 Å². The fraction of sp³-hybridized carbons (Fsp3) is 0.500. The maximum absolute atomic E-state index is 5.65. The zero-order chi connectivity index (χ0) is 13.8. The molecule has 2 aromatic rings. The Kier molecular flexibility index (Phi) is 4.22. The summed E-state index contributed by atoms with van der Waals surface area (Å²) in [6.45, 7) is 2.49. The Labute approximate surface area is 123 Å². The van der Waals surface area contributed by atoms with Gasteiger partial charge in [0.25, 0.3) is 0 Å². The Balaban J connectivity index is 1.60. The van der Waals surface area contributed by atoms with Gasteiger partial charge < -0.3 is 9.30 Å². The molecule has 6 heteroatoms. The summed E-state index contributed by atoms with van der Waals surface area (Å²) >= 11 is 5.29. The average Bonchev–Trinajstić information content (AvgIpc) is 3.23. The first-order valence-corrected chi connectivity index (χ1v) is 7.39. The van der Waals surface area contributed by atoms with E-state index in [9.17, 15) is 0 Å². The first-order chi connectivity index (χ1) is 9.84. The van der Waals surface area contributed by atoms with Gasteiger partial charge in [-0.1, -0.05) is 0 Å². The summed E-state index contributed by atoms with van der Waals surface area (Å²) in [6, 6.07) is 3.88. The molecule has 1 saturated carbocycles. The lowest BCUT2D eigenvalue weighted by Gasteiger charge is -2.07. The Morgan fingerprint density at radius 1 is 1.45 bits per heavy atom. The minimum Gasteiger partial charge on any atom is -0.381 e. The molecule has 1 N–H and O–H groups in total. The van der Waals surface area contributed by atoms with Crippen LogP contribution in [0.15, 0.2) is 24.5 Å². The molecule has 1 aliphatic rings. The highest BCUT2D eigenvalue weighted by Crippen LogP contribution is 2.28.